The second-order valence-corrected chi connectivity index (χ2v) is 6.36. The van der Waals surface area contributed by atoms with E-state index in [1.165, 1.54) is 11.3 Å². The molecule has 0 saturated heterocycles. The highest BCUT2D eigenvalue weighted by atomic mass is 32.1. The van der Waals surface area contributed by atoms with Gasteiger partial charge in [-0.1, -0.05) is 24.4 Å². The third-order valence-corrected chi connectivity index (χ3v) is 4.51. The third-order valence-electron chi connectivity index (χ3n) is 3.16. The molecule has 3 N–H and O–H groups in total. The van der Waals surface area contributed by atoms with E-state index >= 15 is 0 Å². The number of amides is 1. The van der Waals surface area contributed by atoms with Gasteiger partial charge in [-0.25, -0.2) is 0 Å². The van der Waals surface area contributed by atoms with Gasteiger partial charge >= 0.3 is 0 Å². The molecule has 2 aromatic rings. The van der Waals surface area contributed by atoms with Crippen LogP contribution < -0.4 is 11.1 Å². The van der Waals surface area contributed by atoms with Crippen LogP contribution in [0.1, 0.15) is 31.2 Å². The van der Waals surface area contributed by atoms with Crippen molar-refractivity contribution in [2.45, 2.75) is 20.8 Å². The smallest absolute Gasteiger partial charge is 0.265 e. The predicted molar refractivity (Wildman–Crippen MR) is 88.8 cm³/mol. The lowest BCUT2D eigenvalue weighted by atomic mass is 10.1. The van der Waals surface area contributed by atoms with Crippen LogP contribution >= 0.6 is 23.6 Å². The highest BCUT2D eigenvalue weighted by molar-refractivity contribution is 7.80. The van der Waals surface area contributed by atoms with E-state index in [1.807, 2.05) is 45.0 Å². The van der Waals surface area contributed by atoms with Gasteiger partial charge in [-0.15, -0.1) is 11.3 Å². The van der Waals surface area contributed by atoms with Gasteiger partial charge in [0.15, 0.2) is 0 Å². The highest BCUT2D eigenvalue weighted by Crippen LogP contribution is 2.24. The van der Waals surface area contributed by atoms with E-state index in [2.05, 4.69) is 5.32 Å². The van der Waals surface area contributed by atoms with E-state index in [1.54, 1.807) is 0 Å². The minimum atomic E-state index is -0.130. The van der Waals surface area contributed by atoms with Gasteiger partial charge < -0.3 is 11.1 Å². The molecule has 104 valence electrons. The van der Waals surface area contributed by atoms with Crippen LogP contribution in [0.5, 0.6) is 0 Å². The maximum absolute atomic E-state index is 12.3. The first-order valence-corrected chi connectivity index (χ1v) is 7.40. The number of hydrogen-bond donors (Lipinski definition) is 2. The van der Waals surface area contributed by atoms with E-state index in [0.29, 0.717) is 10.6 Å². The Labute approximate surface area is 127 Å². The first kappa shape index (κ1) is 14.7. The zero-order valence-corrected chi connectivity index (χ0v) is 13.2. The summed E-state index contributed by atoms with van der Waals surface area (Å²) in [5, 5.41) is 2.89. The molecule has 0 aliphatic heterocycles. The quantitative estimate of drug-likeness (QED) is 0.853. The lowest BCUT2D eigenvalue weighted by Crippen LogP contribution is -2.18. The molecule has 0 unspecified atom stereocenters. The molecule has 1 aromatic carbocycles. The van der Waals surface area contributed by atoms with E-state index in [4.69, 9.17) is 18.0 Å². The van der Waals surface area contributed by atoms with Gasteiger partial charge in [-0.3, -0.25) is 4.79 Å². The molecule has 2 rings (SSSR count). The number of carbonyl (C=O) groups excluding carboxylic acids is 1. The Kier molecular flexibility index (Phi) is 4.20. The first-order chi connectivity index (χ1) is 9.40. The lowest BCUT2D eigenvalue weighted by Gasteiger charge is -2.11. The number of anilines is 1. The van der Waals surface area contributed by atoms with Gasteiger partial charge in [0, 0.05) is 10.4 Å². The van der Waals surface area contributed by atoms with Crippen LogP contribution in [0.25, 0.3) is 0 Å². The van der Waals surface area contributed by atoms with Crippen molar-refractivity contribution < 1.29 is 4.79 Å². The summed E-state index contributed by atoms with van der Waals surface area (Å²) in [6, 6.07) is 7.50. The number of hydrogen-bond acceptors (Lipinski definition) is 3. The second-order valence-electron chi connectivity index (χ2n) is 4.67. The molecule has 1 amide bonds. The van der Waals surface area contributed by atoms with Gasteiger partial charge in [0.2, 0.25) is 0 Å². The van der Waals surface area contributed by atoms with Crippen LogP contribution in [0.3, 0.4) is 0 Å². The molecule has 1 heterocycles. The van der Waals surface area contributed by atoms with Crippen molar-refractivity contribution in [1.82, 2.24) is 0 Å². The van der Waals surface area contributed by atoms with E-state index in [-0.39, 0.29) is 10.9 Å². The van der Waals surface area contributed by atoms with Crippen molar-refractivity contribution in [1.29, 1.82) is 0 Å². The van der Waals surface area contributed by atoms with Crippen molar-refractivity contribution in [2.75, 3.05) is 5.32 Å². The summed E-state index contributed by atoms with van der Waals surface area (Å²) in [7, 11) is 0. The van der Waals surface area contributed by atoms with Gasteiger partial charge in [0.05, 0.1) is 10.6 Å². The fraction of sp³-hybridized carbons (Fsp3) is 0.200. The maximum atomic E-state index is 12.3. The molecule has 0 aliphatic carbocycles. The molecular weight excluding hydrogens is 288 g/mol. The molecule has 0 saturated carbocycles. The number of rotatable bonds is 3. The number of benzene rings is 1. The fourth-order valence-corrected chi connectivity index (χ4v) is 3.17. The van der Waals surface area contributed by atoms with Crippen LogP contribution in [0.4, 0.5) is 5.69 Å². The SMILES string of the molecule is Cc1cc(C(=O)Nc2cccc(C)c2C(N)=S)sc1C. The van der Waals surface area contributed by atoms with Crippen LogP contribution in [-0.4, -0.2) is 10.9 Å². The Bertz CT molecular complexity index is 670. The Morgan fingerprint density at radius 1 is 1.25 bits per heavy atom. The molecule has 0 bridgehead atoms. The topological polar surface area (TPSA) is 55.1 Å². The summed E-state index contributed by atoms with van der Waals surface area (Å²) in [5.74, 6) is -0.130. The summed E-state index contributed by atoms with van der Waals surface area (Å²) in [6.45, 7) is 5.92. The first-order valence-electron chi connectivity index (χ1n) is 6.18. The Hall–Kier alpha value is -1.72. The average molecular weight is 304 g/mol. The standard InChI is InChI=1S/C15H16N2OS2/c1-8-5-4-6-11(13(8)14(16)19)17-15(18)12-7-9(2)10(3)20-12/h4-7H,1-3H3,(H2,16,19)(H,17,18). The zero-order valence-electron chi connectivity index (χ0n) is 11.6. The average Bonchev–Trinajstić information content (AvgIpc) is 2.69. The number of carbonyl (C=O) groups is 1. The summed E-state index contributed by atoms with van der Waals surface area (Å²) in [5.41, 5.74) is 9.20. The monoisotopic (exact) mass is 304 g/mol. The molecule has 0 radical (unpaired) electrons. The Morgan fingerprint density at radius 2 is 1.95 bits per heavy atom. The van der Waals surface area contributed by atoms with Crippen molar-refractivity contribution in [2.24, 2.45) is 5.73 Å². The van der Waals surface area contributed by atoms with Gasteiger partial charge in [-0.2, -0.15) is 0 Å². The summed E-state index contributed by atoms with van der Waals surface area (Å²) >= 11 is 6.54. The Morgan fingerprint density at radius 3 is 2.50 bits per heavy atom. The highest BCUT2D eigenvalue weighted by Gasteiger charge is 2.14. The van der Waals surface area contributed by atoms with E-state index in [9.17, 15) is 4.79 Å². The normalized spacial score (nSPS) is 10.3. The summed E-state index contributed by atoms with van der Waals surface area (Å²) < 4.78 is 0. The van der Waals surface area contributed by atoms with Crippen molar-refractivity contribution in [3.05, 3.63) is 50.7 Å². The van der Waals surface area contributed by atoms with Crippen molar-refractivity contribution >= 4 is 40.1 Å². The molecule has 3 nitrogen and oxygen atoms in total. The lowest BCUT2D eigenvalue weighted by molar-refractivity contribution is 0.103. The van der Waals surface area contributed by atoms with Gasteiger partial charge in [0.25, 0.3) is 5.91 Å². The number of thiophene rings is 1. The van der Waals surface area contributed by atoms with Crippen LogP contribution in [0.2, 0.25) is 0 Å². The molecule has 1 aromatic heterocycles. The fourth-order valence-electron chi connectivity index (χ4n) is 1.97. The number of nitrogens with two attached hydrogens (primary N) is 1. The third kappa shape index (κ3) is 2.89. The van der Waals surface area contributed by atoms with Crippen LogP contribution in [0, 0.1) is 20.8 Å². The van der Waals surface area contributed by atoms with E-state index < -0.39 is 0 Å². The van der Waals surface area contributed by atoms with Gasteiger partial charge in [-0.05, 0) is 44.0 Å². The summed E-state index contributed by atoms with van der Waals surface area (Å²) in [4.78, 5) is 14.4. The van der Waals surface area contributed by atoms with Gasteiger partial charge in [0.1, 0.15) is 4.99 Å². The molecular formula is C15H16N2OS2. The zero-order chi connectivity index (χ0) is 14.9. The van der Waals surface area contributed by atoms with E-state index in [0.717, 1.165) is 21.6 Å². The van der Waals surface area contributed by atoms with Crippen molar-refractivity contribution in [3.8, 4) is 0 Å². The molecule has 0 fully saturated rings. The second kappa shape index (κ2) is 5.73. The number of aryl methyl sites for hydroxylation is 3. The van der Waals surface area contributed by atoms with Crippen LogP contribution in [0.15, 0.2) is 24.3 Å². The molecule has 0 atom stereocenters. The molecule has 0 aliphatic rings. The number of nitrogens with one attached hydrogen (secondary N) is 1. The largest absolute Gasteiger partial charge is 0.389 e. The summed E-state index contributed by atoms with van der Waals surface area (Å²) in [6.07, 6.45) is 0. The minimum absolute atomic E-state index is 0.130. The maximum Gasteiger partial charge on any atom is 0.265 e. The number of thiocarbonyl (C=S) groups is 1. The predicted octanol–water partition coefficient (Wildman–Crippen LogP) is 3.56. The van der Waals surface area contributed by atoms with Crippen molar-refractivity contribution in [3.63, 3.8) is 0 Å². The molecule has 0 spiro atoms. The molecule has 5 heteroatoms. The minimum Gasteiger partial charge on any atom is -0.389 e. The molecule has 20 heavy (non-hydrogen) atoms. The van der Waals surface area contributed by atoms with Crippen LogP contribution in [-0.2, 0) is 0 Å². The Balaban J connectivity index is 2.33.